The summed E-state index contributed by atoms with van der Waals surface area (Å²) in [6, 6.07) is 21.4. The van der Waals surface area contributed by atoms with Crippen molar-refractivity contribution in [1.29, 1.82) is 0 Å². The molecule has 5 rings (SSSR count). The van der Waals surface area contributed by atoms with Gasteiger partial charge in [0.1, 0.15) is 11.6 Å². The van der Waals surface area contributed by atoms with Gasteiger partial charge in [-0.05, 0) is 66.9 Å². The van der Waals surface area contributed by atoms with E-state index in [0.29, 0.717) is 31.8 Å². The standard InChI is InChI=1S/C28H27FN2O3S/c1-20-28(26-8-3-4-9-27(26)31(20)19-21-6-5-7-23(29)18-21)22-14-16-30(17-15-22)35(32,33)25-12-10-24(34-2)11-13-25/h3-14,18H,15-17,19H2,1-2H3. The molecule has 3 aromatic carbocycles. The smallest absolute Gasteiger partial charge is 0.243 e. The number of rotatable bonds is 6. The van der Waals surface area contributed by atoms with Gasteiger partial charge < -0.3 is 9.30 Å². The van der Waals surface area contributed by atoms with Gasteiger partial charge in [-0.2, -0.15) is 4.31 Å². The van der Waals surface area contributed by atoms with Gasteiger partial charge in [-0.1, -0.05) is 36.4 Å². The average Bonchev–Trinajstić information content (AvgIpc) is 3.15. The summed E-state index contributed by atoms with van der Waals surface area (Å²) in [6.45, 7) is 3.36. The maximum Gasteiger partial charge on any atom is 0.243 e. The molecule has 0 radical (unpaired) electrons. The Morgan fingerprint density at radius 2 is 1.77 bits per heavy atom. The van der Waals surface area contributed by atoms with E-state index in [-0.39, 0.29) is 10.7 Å². The van der Waals surface area contributed by atoms with E-state index in [1.54, 1.807) is 43.5 Å². The van der Waals surface area contributed by atoms with Gasteiger partial charge in [0.2, 0.25) is 10.0 Å². The highest BCUT2D eigenvalue weighted by atomic mass is 32.2. The first-order valence-electron chi connectivity index (χ1n) is 11.5. The number of ether oxygens (including phenoxy) is 1. The van der Waals surface area contributed by atoms with Crippen LogP contribution in [0.4, 0.5) is 4.39 Å². The molecule has 0 amide bonds. The minimum Gasteiger partial charge on any atom is -0.497 e. The minimum absolute atomic E-state index is 0.245. The Labute approximate surface area is 205 Å². The van der Waals surface area contributed by atoms with Gasteiger partial charge in [-0.25, -0.2) is 12.8 Å². The molecule has 0 unspecified atom stereocenters. The molecule has 0 spiro atoms. The zero-order chi connectivity index (χ0) is 24.6. The van der Waals surface area contributed by atoms with Crippen LogP contribution < -0.4 is 4.74 Å². The van der Waals surface area contributed by atoms with Crippen LogP contribution in [0.1, 0.15) is 23.2 Å². The fourth-order valence-corrected chi connectivity index (χ4v) is 6.23. The summed E-state index contributed by atoms with van der Waals surface area (Å²) in [7, 11) is -2.04. The third-order valence-electron chi connectivity index (χ3n) is 6.65. The molecule has 0 atom stereocenters. The normalized spacial score (nSPS) is 14.8. The van der Waals surface area contributed by atoms with E-state index in [0.717, 1.165) is 33.3 Å². The molecule has 0 aliphatic carbocycles. The number of methoxy groups -OCH3 is 1. The van der Waals surface area contributed by atoms with E-state index in [4.69, 9.17) is 4.74 Å². The predicted octanol–water partition coefficient (Wildman–Crippen LogP) is 5.62. The quantitative estimate of drug-likeness (QED) is 0.352. The van der Waals surface area contributed by atoms with Crippen LogP contribution in [0.15, 0.2) is 83.8 Å². The molecule has 2 heterocycles. The van der Waals surface area contributed by atoms with Crippen LogP contribution >= 0.6 is 0 Å². The number of hydrogen-bond donors (Lipinski definition) is 0. The van der Waals surface area contributed by atoms with Gasteiger partial charge in [0.25, 0.3) is 0 Å². The van der Waals surface area contributed by atoms with Crippen molar-refractivity contribution in [3.63, 3.8) is 0 Å². The summed E-state index contributed by atoms with van der Waals surface area (Å²) in [5.41, 5.74) is 5.35. The summed E-state index contributed by atoms with van der Waals surface area (Å²) < 4.78 is 49.0. The first kappa shape index (κ1) is 23.3. The fraction of sp³-hybridized carbons (Fsp3) is 0.214. The number of halogens is 1. The fourth-order valence-electron chi connectivity index (χ4n) is 4.85. The van der Waals surface area contributed by atoms with Crippen molar-refractivity contribution < 1.29 is 17.5 Å². The van der Waals surface area contributed by atoms with Crippen molar-refractivity contribution in [2.45, 2.75) is 24.8 Å². The van der Waals surface area contributed by atoms with Crippen LogP contribution in [0.2, 0.25) is 0 Å². The number of hydrogen-bond acceptors (Lipinski definition) is 3. The second kappa shape index (κ2) is 9.32. The topological polar surface area (TPSA) is 51.5 Å². The second-order valence-electron chi connectivity index (χ2n) is 8.71. The van der Waals surface area contributed by atoms with Gasteiger partial charge in [0.15, 0.2) is 0 Å². The summed E-state index contributed by atoms with van der Waals surface area (Å²) in [6.07, 6.45) is 2.63. The van der Waals surface area contributed by atoms with E-state index < -0.39 is 10.0 Å². The third kappa shape index (κ3) is 4.37. The van der Waals surface area contributed by atoms with Crippen molar-refractivity contribution >= 4 is 26.5 Å². The molecule has 7 heteroatoms. The van der Waals surface area contributed by atoms with Crippen molar-refractivity contribution in [1.82, 2.24) is 8.87 Å². The SMILES string of the molecule is COc1ccc(S(=O)(=O)N2CC=C(c3c(C)n(Cc4cccc(F)c4)c4ccccc34)CC2)cc1. The highest BCUT2D eigenvalue weighted by Crippen LogP contribution is 2.36. The van der Waals surface area contributed by atoms with Crippen LogP contribution in [-0.2, 0) is 16.6 Å². The third-order valence-corrected chi connectivity index (χ3v) is 8.53. The van der Waals surface area contributed by atoms with Gasteiger partial charge in [0, 0.05) is 41.8 Å². The summed E-state index contributed by atoms with van der Waals surface area (Å²) in [5.74, 6) is 0.375. The zero-order valence-corrected chi connectivity index (χ0v) is 20.6. The summed E-state index contributed by atoms with van der Waals surface area (Å²) in [4.78, 5) is 0.262. The molecule has 1 aliphatic rings. The Morgan fingerprint density at radius 1 is 1.00 bits per heavy atom. The van der Waals surface area contributed by atoms with Crippen molar-refractivity contribution in [2.24, 2.45) is 0 Å². The molecular formula is C28H27FN2O3S. The van der Waals surface area contributed by atoms with Gasteiger partial charge in [-0.3, -0.25) is 0 Å². The minimum atomic E-state index is -3.59. The predicted molar refractivity (Wildman–Crippen MR) is 137 cm³/mol. The van der Waals surface area contributed by atoms with Crippen LogP contribution in [0.25, 0.3) is 16.5 Å². The Morgan fingerprint density at radius 3 is 2.46 bits per heavy atom. The Balaban J connectivity index is 1.47. The summed E-state index contributed by atoms with van der Waals surface area (Å²) in [5, 5.41) is 1.12. The lowest BCUT2D eigenvalue weighted by molar-refractivity contribution is 0.414. The molecule has 0 saturated heterocycles. The maximum atomic E-state index is 13.8. The lowest BCUT2D eigenvalue weighted by atomic mass is 9.97. The van der Waals surface area contributed by atoms with Gasteiger partial charge >= 0.3 is 0 Å². The molecule has 0 bridgehead atoms. The largest absolute Gasteiger partial charge is 0.497 e. The lowest BCUT2D eigenvalue weighted by Gasteiger charge is -2.26. The Kier molecular flexibility index (Phi) is 6.21. The van der Waals surface area contributed by atoms with Crippen LogP contribution in [0.3, 0.4) is 0 Å². The Hall–Kier alpha value is -3.42. The van der Waals surface area contributed by atoms with E-state index in [1.165, 1.54) is 10.4 Å². The number of para-hydroxylation sites is 1. The molecule has 0 N–H and O–H groups in total. The number of fused-ring (bicyclic) bond motifs is 1. The molecular weight excluding hydrogens is 463 g/mol. The molecule has 4 aromatic rings. The van der Waals surface area contributed by atoms with Gasteiger partial charge in [-0.15, -0.1) is 0 Å². The van der Waals surface area contributed by atoms with Crippen molar-refractivity contribution in [3.05, 3.63) is 102 Å². The molecule has 35 heavy (non-hydrogen) atoms. The first-order valence-corrected chi connectivity index (χ1v) is 13.0. The number of benzene rings is 3. The first-order chi connectivity index (χ1) is 16.9. The van der Waals surface area contributed by atoms with Crippen molar-refractivity contribution in [3.8, 4) is 5.75 Å². The maximum absolute atomic E-state index is 13.8. The van der Waals surface area contributed by atoms with E-state index in [1.807, 2.05) is 24.3 Å². The molecule has 1 aliphatic heterocycles. The number of nitrogens with zero attached hydrogens (tertiary/aromatic N) is 2. The average molecular weight is 491 g/mol. The molecule has 180 valence electrons. The van der Waals surface area contributed by atoms with E-state index in [2.05, 4.69) is 23.6 Å². The van der Waals surface area contributed by atoms with Crippen LogP contribution in [0, 0.1) is 12.7 Å². The molecule has 0 saturated carbocycles. The van der Waals surface area contributed by atoms with Gasteiger partial charge in [0.05, 0.1) is 12.0 Å². The van der Waals surface area contributed by atoms with E-state index in [9.17, 15) is 12.8 Å². The lowest BCUT2D eigenvalue weighted by Crippen LogP contribution is -2.34. The number of sulfonamides is 1. The zero-order valence-electron chi connectivity index (χ0n) is 19.7. The Bertz CT molecular complexity index is 1520. The monoisotopic (exact) mass is 490 g/mol. The number of aromatic nitrogens is 1. The second-order valence-corrected chi connectivity index (χ2v) is 10.6. The molecule has 1 aromatic heterocycles. The highest BCUT2D eigenvalue weighted by molar-refractivity contribution is 7.89. The van der Waals surface area contributed by atoms with E-state index >= 15 is 0 Å². The van der Waals surface area contributed by atoms with Crippen LogP contribution in [0.5, 0.6) is 5.75 Å². The highest BCUT2D eigenvalue weighted by Gasteiger charge is 2.28. The summed E-state index contributed by atoms with van der Waals surface area (Å²) >= 11 is 0. The molecule has 5 nitrogen and oxygen atoms in total. The van der Waals surface area contributed by atoms with Crippen molar-refractivity contribution in [2.75, 3.05) is 20.2 Å². The van der Waals surface area contributed by atoms with Crippen LogP contribution in [-0.4, -0.2) is 37.5 Å². The molecule has 0 fully saturated rings.